The van der Waals surface area contributed by atoms with E-state index in [1.165, 1.54) is 11.1 Å². The monoisotopic (exact) mass is 434 g/mol. The first-order valence-corrected chi connectivity index (χ1v) is 11.4. The number of nitrogens with one attached hydrogen (secondary N) is 2. The molecule has 1 fully saturated rings. The Kier molecular flexibility index (Phi) is 4.49. The van der Waals surface area contributed by atoms with E-state index in [0.717, 1.165) is 46.4 Å². The molecule has 2 aliphatic rings. The van der Waals surface area contributed by atoms with Crippen LogP contribution in [0.25, 0.3) is 23.1 Å². The number of para-hydroxylation sites is 1. The summed E-state index contributed by atoms with van der Waals surface area (Å²) in [4.78, 5) is 15.0. The lowest BCUT2D eigenvalue weighted by Crippen LogP contribution is -2.20. The largest absolute Gasteiger partial charge is 0.325 e. The molecule has 6 rings (SSSR count). The van der Waals surface area contributed by atoms with Gasteiger partial charge in [-0.25, -0.2) is 0 Å². The number of aromatic nitrogens is 2. The molecule has 1 saturated carbocycles. The van der Waals surface area contributed by atoms with Crippen LogP contribution >= 0.6 is 0 Å². The zero-order valence-electron chi connectivity index (χ0n) is 18.8. The molecular weight excluding hydrogens is 408 g/mol. The number of carbonyl (C=O) groups excluding carboxylic acids is 1. The summed E-state index contributed by atoms with van der Waals surface area (Å²) in [7, 11) is 4.15. The van der Waals surface area contributed by atoms with E-state index in [4.69, 9.17) is 0 Å². The highest BCUT2D eigenvalue weighted by Crippen LogP contribution is 2.64. The molecule has 2 atom stereocenters. The van der Waals surface area contributed by atoms with Crippen LogP contribution < -0.4 is 5.32 Å². The normalized spacial score (nSPS) is 21.3. The van der Waals surface area contributed by atoms with E-state index < -0.39 is 5.41 Å². The van der Waals surface area contributed by atoms with Crippen LogP contribution in [-0.4, -0.2) is 35.1 Å². The summed E-state index contributed by atoms with van der Waals surface area (Å²) in [6.45, 7) is 0.936. The minimum atomic E-state index is -0.411. The fraction of sp³-hybridized carbons (Fsp3) is 0.214. The van der Waals surface area contributed by atoms with Gasteiger partial charge in [0, 0.05) is 23.5 Å². The second-order valence-corrected chi connectivity index (χ2v) is 9.45. The zero-order chi connectivity index (χ0) is 22.6. The number of carbonyl (C=O) groups is 1. The molecule has 0 saturated heterocycles. The molecule has 4 aromatic rings. The van der Waals surface area contributed by atoms with Crippen LogP contribution in [-0.2, 0) is 16.8 Å². The highest BCUT2D eigenvalue weighted by molar-refractivity contribution is 6.09. The lowest BCUT2D eigenvalue weighted by atomic mass is 9.92. The Bertz CT molecular complexity index is 1400. The van der Waals surface area contributed by atoms with Gasteiger partial charge in [0.1, 0.15) is 0 Å². The third kappa shape index (κ3) is 3.28. The third-order valence-corrected chi connectivity index (χ3v) is 6.95. The molecule has 1 aliphatic heterocycles. The Labute approximate surface area is 193 Å². The van der Waals surface area contributed by atoms with Crippen LogP contribution in [0.2, 0.25) is 0 Å². The molecule has 2 N–H and O–H groups in total. The van der Waals surface area contributed by atoms with Gasteiger partial charge >= 0.3 is 0 Å². The summed E-state index contributed by atoms with van der Waals surface area (Å²) in [6, 6.07) is 23.1. The molecule has 5 nitrogen and oxygen atoms in total. The van der Waals surface area contributed by atoms with Crippen molar-refractivity contribution in [1.82, 2.24) is 15.1 Å². The molecule has 5 heteroatoms. The van der Waals surface area contributed by atoms with Gasteiger partial charge in [0.05, 0.1) is 16.6 Å². The van der Waals surface area contributed by atoms with Gasteiger partial charge in [-0.15, -0.1) is 0 Å². The molecule has 33 heavy (non-hydrogen) atoms. The quantitative estimate of drug-likeness (QED) is 0.455. The number of aromatic amines is 1. The third-order valence-electron chi connectivity index (χ3n) is 6.95. The van der Waals surface area contributed by atoms with Crippen molar-refractivity contribution < 1.29 is 4.79 Å². The minimum absolute atomic E-state index is 0.124. The van der Waals surface area contributed by atoms with E-state index in [2.05, 4.69) is 95.2 Å². The zero-order valence-corrected chi connectivity index (χ0v) is 18.8. The first kappa shape index (κ1) is 19.9. The lowest BCUT2D eigenvalue weighted by Gasteiger charge is -2.09. The second-order valence-electron chi connectivity index (χ2n) is 9.45. The molecule has 1 aromatic heterocycles. The number of nitrogens with zero attached hydrogens (tertiary/aromatic N) is 2. The fourth-order valence-electron chi connectivity index (χ4n) is 5.23. The van der Waals surface area contributed by atoms with Gasteiger partial charge in [-0.2, -0.15) is 5.10 Å². The van der Waals surface area contributed by atoms with Crippen LogP contribution in [0.4, 0.5) is 5.69 Å². The van der Waals surface area contributed by atoms with Crippen molar-refractivity contribution in [2.45, 2.75) is 24.3 Å². The number of amides is 1. The summed E-state index contributed by atoms with van der Waals surface area (Å²) in [5, 5.41) is 11.9. The first-order valence-electron chi connectivity index (χ1n) is 11.4. The van der Waals surface area contributed by atoms with Crippen molar-refractivity contribution in [3.63, 3.8) is 0 Å². The maximum absolute atomic E-state index is 12.8. The number of anilines is 1. The first-order chi connectivity index (χ1) is 16.0. The molecule has 1 unspecified atom stereocenters. The molecule has 3 aromatic carbocycles. The molecule has 2 heterocycles. The van der Waals surface area contributed by atoms with Crippen molar-refractivity contribution in [2.75, 3.05) is 19.4 Å². The van der Waals surface area contributed by atoms with Crippen LogP contribution in [0.3, 0.4) is 0 Å². The number of hydrogen-bond acceptors (Lipinski definition) is 3. The Morgan fingerprint density at radius 2 is 1.88 bits per heavy atom. The molecular formula is C28H26N4O. The summed E-state index contributed by atoms with van der Waals surface area (Å²) in [5.74, 6) is 0.326. The predicted octanol–water partition coefficient (Wildman–Crippen LogP) is 5.17. The lowest BCUT2D eigenvalue weighted by molar-refractivity contribution is -0.118. The Balaban J connectivity index is 1.24. The maximum atomic E-state index is 12.8. The minimum Gasteiger partial charge on any atom is -0.325 e. The summed E-state index contributed by atoms with van der Waals surface area (Å²) >= 11 is 0. The van der Waals surface area contributed by atoms with Crippen LogP contribution in [0.15, 0.2) is 66.7 Å². The van der Waals surface area contributed by atoms with E-state index in [-0.39, 0.29) is 11.8 Å². The van der Waals surface area contributed by atoms with E-state index in [0.29, 0.717) is 0 Å². The van der Waals surface area contributed by atoms with Crippen molar-refractivity contribution in [3.05, 3.63) is 94.7 Å². The Morgan fingerprint density at radius 1 is 1.06 bits per heavy atom. The molecule has 0 bridgehead atoms. The van der Waals surface area contributed by atoms with Gasteiger partial charge in [0.2, 0.25) is 5.91 Å². The Hall–Kier alpha value is -3.70. The highest BCUT2D eigenvalue weighted by Gasteiger charge is 2.65. The van der Waals surface area contributed by atoms with Crippen LogP contribution in [0.5, 0.6) is 0 Å². The van der Waals surface area contributed by atoms with Gasteiger partial charge < -0.3 is 10.2 Å². The number of rotatable bonds is 5. The molecule has 1 spiro atoms. The summed E-state index contributed by atoms with van der Waals surface area (Å²) in [5.41, 5.74) is 7.23. The second kappa shape index (κ2) is 7.42. The fourth-order valence-corrected chi connectivity index (χ4v) is 5.23. The summed E-state index contributed by atoms with van der Waals surface area (Å²) < 4.78 is 0. The molecule has 1 amide bonds. The van der Waals surface area contributed by atoms with Crippen molar-refractivity contribution in [3.8, 4) is 0 Å². The average molecular weight is 435 g/mol. The van der Waals surface area contributed by atoms with Gasteiger partial charge in [-0.1, -0.05) is 60.7 Å². The molecule has 164 valence electrons. The average Bonchev–Trinajstić information content (AvgIpc) is 3.35. The number of benzene rings is 3. The standard InChI is InChI=1S/C28H26N4O/c1-32(2)17-19-9-7-18(8-10-19)11-14-24-21-13-12-20(15-26(21)31-30-24)23-16-28(23)22-5-3-4-6-25(22)29-27(28)33/h3-15,23H,16-17H2,1-2H3,(H,29,33)(H,30,31)/b14-11+/t23-,28?/m0/s1. The van der Waals surface area contributed by atoms with Crippen molar-refractivity contribution in [1.29, 1.82) is 0 Å². The SMILES string of the molecule is CN(C)Cc1ccc(/C=C/c2n[nH]c3cc([C@@H]4CC45C(=O)Nc4ccccc45)ccc23)cc1. The Morgan fingerprint density at radius 3 is 2.70 bits per heavy atom. The van der Waals surface area contributed by atoms with E-state index >= 15 is 0 Å². The van der Waals surface area contributed by atoms with E-state index in [1.54, 1.807) is 0 Å². The number of fused-ring (bicyclic) bond motifs is 3. The van der Waals surface area contributed by atoms with E-state index in [1.807, 2.05) is 18.2 Å². The highest BCUT2D eigenvalue weighted by atomic mass is 16.2. The predicted molar refractivity (Wildman–Crippen MR) is 133 cm³/mol. The number of hydrogen-bond donors (Lipinski definition) is 2. The van der Waals surface area contributed by atoms with Crippen LogP contribution in [0, 0.1) is 0 Å². The smallest absolute Gasteiger partial charge is 0.235 e. The van der Waals surface area contributed by atoms with E-state index in [9.17, 15) is 4.79 Å². The summed E-state index contributed by atoms with van der Waals surface area (Å²) in [6.07, 6.45) is 5.00. The number of H-pyrrole nitrogens is 1. The molecule has 0 radical (unpaired) electrons. The maximum Gasteiger partial charge on any atom is 0.235 e. The topological polar surface area (TPSA) is 61.0 Å². The van der Waals surface area contributed by atoms with Gasteiger partial charge in [0.25, 0.3) is 0 Å². The van der Waals surface area contributed by atoms with Gasteiger partial charge in [-0.3, -0.25) is 9.89 Å². The van der Waals surface area contributed by atoms with Gasteiger partial charge in [-0.05, 0) is 61.0 Å². The van der Waals surface area contributed by atoms with Gasteiger partial charge in [0.15, 0.2) is 0 Å². The van der Waals surface area contributed by atoms with Crippen LogP contribution in [0.1, 0.15) is 40.3 Å². The van der Waals surface area contributed by atoms with Crippen molar-refractivity contribution in [2.24, 2.45) is 0 Å². The van der Waals surface area contributed by atoms with Crippen molar-refractivity contribution >= 4 is 34.6 Å². The molecule has 1 aliphatic carbocycles.